The number of piperidine rings is 1. The molecule has 1 fully saturated rings. The summed E-state index contributed by atoms with van der Waals surface area (Å²) in [7, 11) is 0. The number of likely N-dealkylation sites (tertiary alicyclic amines) is 1. The van der Waals surface area contributed by atoms with Crippen LogP contribution in [0.2, 0.25) is 0 Å². The Kier molecular flexibility index (Phi) is 4.54. The van der Waals surface area contributed by atoms with Crippen LogP contribution >= 0.6 is 11.3 Å². The van der Waals surface area contributed by atoms with Gasteiger partial charge in [0.05, 0.1) is 0 Å². The Labute approximate surface area is 136 Å². The monoisotopic (exact) mass is 316 g/mol. The number of aromatic nitrogens is 3. The van der Waals surface area contributed by atoms with Gasteiger partial charge < -0.3 is 4.90 Å². The van der Waals surface area contributed by atoms with Gasteiger partial charge in [0.15, 0.2) is 0 Å². The maximum atomic E-state index is 4.72. The predicted molar refractivity (Wildman–Crippen MR) is 91.3 cm³/mol. The Morgan fingerprint density at radius 1 is 1.27 bits per heavy atom. The van der Waals surface area contributed by atoms with Crippen LogP contribution < -0.4 is 0 Å². The molecule has 5 heteroatoms. The fraction of sp³-hybridized carbons (Fsp3) is 0.588. The highest BCUT2D eigenvalue weighted by atomic mass is 32.1. The van der Waals surface area contributed by atoms with Gasteiger partial charge in [-0.1, -0.05) is 0 Å². The summed E-state index contributed by atoms with van der Waals surface area (Å²) in [6, 6.07) is 2.76. The lowest BCUT2D eigenvalue weighted by molar-refractivity contribution is 0.166. The molecule has 0 bridgehead atoms. The average molecular weight is 316 g/mol. The normalized spacial score (nSPS) is 19.8. The second-order valence-electron chi connectivity index (χ2n) is 6.43. The fourth-order valence-corrected chi connectivity index (χ4v) is 3.82. The summed E-state index contributed by atoms with van der Waals surface area (Å²) < 4.78 is 0. The minimum Gasteiger partial charge on any atom is -0.300 e. The van der Waals surface area contributed by atoms with E-state index in [1.165, 1.54) is 30.0 Å². The molecule has 1 aliphatic rings. The van der Waals surface area contributed by atoms with Gasteiger partial charge in [0.2, 0.25) is 0 Å². The maximum Gasteiger partial charge on any atom is 0.142 e. The summed E-state index contributed by atoms with van der Waals surface area (Å²) >= 11 is 1.70. The topological polar surface area (TPSA) is 41.9 Å². The van der Waals surface area contributed by atoms with Crippen LogP contribution in [0.3, 0.4) is 0 Å². The average Bonchev–Trinajstić information content (AvgIpc) is 2.93. The molecule has 22 heavy (non-hydrogen) atoms. The van der Waals surface area contributed by atoms with Crippen molar-refractivity contribution in [3.8, 4) is 10.7 Å². The molecule has 1 saturated heterocycles. The molecule has 3 rings (SSSR count). The van der Waals surface area contributed by atoms with Gasteiger partial charge in [-0.15, -0.1) is 11.3 Å². The van der Waals surface area contributed by atoms with E-state index < -0.39 is 0 Å². The second-order valence-corrected chi connectivity index (χ2v) is 7.66. The lowest BCUT2D eigenvalue weighted by Gasteiger charge is -2.35. The van der Waals surface area contributed by atoms with Gasteiger partial charge >= 0.3 is 0 Å². The Morgan fingerprint density at radius 2 is 2.09 bits per heavy atom. The minimum atomic E-state index is 0.512. The van der Waals surface area contributed by atoms with Crippen LogP contribution in [0.15, 0.2) is 12.3 Å². The first kappa shape index (κ1) is 15.6. The van der Waals surface area contributed by atoms with E-state index in [4.69, 9.17) is 4.98 Å². The molecule has 0 saturated carbocycles. The molecular formula is C17H24N4S. The van der Waals surface area contributed by atoms with Crippen molar-refractivity contribution in [3.05, 3.63) is 28.7 Å². The Balaban J connectivity index is 1.89. The molecule has 0 N–H and O–H groups in total. The molecule has 2 aromatic heterocycles. The maximum absolute atomic E-state index is 4.72. The highest BCUT2D eigenvalue weighted by molar-refractivity contribution is 7.14. The molecular weight excluding hydrogens is 292 g/mol. The van der Waals surface area contributed by atoms with Crippen molar-refractivity contribution in [1.29, 1.82) is 0 Å². The van der Waals surface area contributed by atoms with Gasteiger partial charge in [-0.3, -0.25) is 0 Å². The zero-order valence-electron chi connectivity index (χ0n) is 13.8. The second kappa shape index (κ2) is 6.42. The van der Waals surface area contributed by atoms with Gasteiger partial charge in [-0.25, -0.2) is 15.0 Å². The van der Waals surface area contributed by atoms with E-state index in [1.807, 2.05) is 13.1 Å². The molecule has 0 radical (unpaired) electrons. The standard InChI is InChI=1S/C17H24N4S/c1-11(2)21-7-5-6-14(10-21)15-8-16(20-13(4)19-15)17-18-9-12(3)22-17/h8-9,11,14H,5-7,10H2,1-4H3. The van der Waals surface area contributed by atoms with Gasteiger partial charge in [0.25, 0.3) is 0 Å². The quantitative estimate of drug-likeness (QED) is 0.863. The molecule has 1 aliphatic heterocycles. The number of aryl methyl sites for hydroxylation is 2. The van der Waals surface area contributed by atoms with E-state index >= 15 is 0 Å². The van der Waals surface area contributed by atoms with E-state index in [9.17, 15) is 0 Å². The predicted octanol–water partition coefficient (Wildman–Crippen LogP) is 3.80. The summed E-state index contributed by atoms with van der Waals surface area (Å²) in [6.45, 7) is 10.9. The zero-order chi connectivity index (χ0) is 15.7. The van der Waals surface area contributed by atoms with Crippen molar-refractivity contribution in [1.82, 2.24) is 19.9 Å². The largest absolute Gasteiger partial charge is 0.300 e. The smallest absolute Gasteiger partial charge is 0.142 e. The lowest BCUT2D eigenvalue weighted by atomic mass is 9.93. The third kappa shape index (κ3) is 3.36. The molecule has 3 heterocycles. The molecule has 0 spiro atoms. The number of hydrogen-bond donors (Lipinski definition) is 0. The van der Waals surface area contributed by atoms with Crippen LogP contribution in [-0.4, -0.2) is 39.0 Å². The SMILES string of the molecule is Cc1nc(-c2ncc(C)s2)cc(C2CCCN(C(C)C)C2)n1. The third-order valence-corrected chi connectivity index (χ3v) is 5.23. The van der Waals surface area contributed by atoms with Crippen LogP contribution in [0.1, 0.15) is 49.0 Å². The van der Waals surface area contributed by atoms with Gasteiger partial charge in [0.1, 0.15) is 16.5 Å². The van der Waals surface area contributed by atoms with Crippen LogP contribution in [-0.2, 0) is 0 Å². The van der Waals surface area contributed by atoms with Crippen molar-refractivity contribution < 1.29 is 0 Å². The number of thiazole rings is 1. The Morgan fingerprint density at radius 3 is 2.77 bits per heavy atom. The highest BCUT2D eigenvalue weighted by Crippen LogP contribution is 2.30. The summed E-state index contributed by atoms with van der Waals surface area (Å²) in [4.78, 5) is 17.6. The minimum absolute atomic E-state index is 0.512. The highest BCUT2D eigenvalue weighted by Gasteiger charge is 2.24. The van der Waals surface area contributed by atoms with E-state index in [1.54, 1.807) is 11.3 Å². The van der Waals surface area contributed by atoms with Gasteiger partial charge in [0, 0.05) is 35.3 Å². The van der Waals surface area contributed by atoms with Crippen molar-refractivity contribution >= 4 is 11.3 Å². The van der Waals surface area contributed by atoms with Crippen molar-refractivity contribution in [2.45, 2.75) is 52.5 Å². The summed E-state index contributed by atoms with van der Waals surface area (Å²) in [5.41, 5.74) is 2.16. The van der Waals surface area contributed by atoms with Crippen LogP contribution in [0.4, 0.5) is 0 Å². The van der Waals surface area contributed by atoms with Crippen molar-refractivity contribution in [3.63, 3.8) is 0 Å². The Hall–Kier alpha value is -1.33. The first-order valence-corrected chi connectivity index (χ1v) is 8.87. The van der Waals surface area contributed by atoms with E-state index in [-0.39, 0.29) is 0 Å². The van der Waals surface area contributed by atoms with Crippen LogP contribution in [0.5, 0.6) is 0 Å². The molecule has 0 amide bonds. The molecule has 1 unspecified atom stereocenters. The Bertz CT molecular complexity index is 650. The summed E-state index contributed by atoms with van der Waals surface area (Å²) in [6.07, 6.45) is 4.38. The summed E-state index contributed by atoms with van der Waals surface area (Å²) in [5.74, 6) is 1.36. The fourth-order valence-electron chi connectivity index (χ4n) is 3.10. The van der Waals surface area contributed by atoms with E-state index in [2.05, 4.69) is 41.7 Å². The van der Waals surface area contributed by atoms with Gasteiger partial charge in [-0.2, -0.15) is 0 Å². The lowest BCUT2D eigenvalue weighted by Crippen LogP contribution is -2.39. The number of hydrogen-bond acceptors (Lipinski definition) is 5. The van der Waals surface area contributed by atoms with E-state index in [0.717, 1.165) is 23.1 Å². The first-order chi connectivity index (χ1) is 10.5. The number of nitrogens with zero attached hydrogens (tertiary/aromatic N) is 4. The van der Waals surface area contributed by atoms with Crippen molar-refractivity contribution in [2.75, 3.05) is 13.1 Å². The zero-order valence-corrected chi connectivity index (χ0v) is 14.7. The molecule has 0 aliphatic carbocycles. The number of rotatable bonds is 3. The molecule has 4 nitrogen and oxygen atoms in total. The van der Waals surface area contributed by atoms with Crippen LogP contribution in [0, 0.1) is 13.8 Å². The molecule has 2 aromatic rings. The molecule has 1 atom stereocenters. The molecule has 118 valence electrons. The van der Waals surface area contributed by atoms with E-state index in [0.29, 0.717) is 12.0 Å². The third-order valence-electron chi connectivity index (χ3n) is 4.30. The molecule has 0 aromatic carbocycles. The van der Waals surface area contributed by atoms with Gasteiger partial charge in [-0.05, 0) is 53.1 Å². The summed E-state index contributed by atoms with van der Waals surface area (Å²) in [5, 5.41) is 1.00. The van der Waals surface area contributed by atoms with Crippen LogP contribution in [0.25, 0.3) is 10.7 Å². The van der Waals surface area contributed by atoms with Crippen molar-refractivity contribution in [2.24, 2.45) is 0 Å². The first-order valence-electron chi connectivity index (χ1n) is 8.05.